The molecule has 7 heteroatoms. The normalized spacial score (nSPS) is 13.7. The third-order valence-corrected chi connectivity index (χ3v) is 5.14. The van der Waals surface area contributed by atoms with Gasteiger partial charge in [0.1, 0.15) is 6.04 Å². The molecule has 1 atom stereocenters. The van der Waals surface area contributed by atoms with Crippen LogP contribution in [0, 0.1) is 0 Å². The van der Waals surface area contributed by atoms with Gasteiger partial charge in [-0.3, -0.25) is 19.3 Å². The van der Waals surface area contributed by atoms with Gasteiger partial charge < -0.3 is 9.64 Å². The second-order valence-corrected chi connectivity index (χ2v) is 6.91. The lowest BCUT2D eigenvalue weighted by Gasteiger charge is -2.25. The van der Waals surface area contributed by atoms with Crippen LogP contribution in [-0.4, -0.2) is 59.2 Å². The highest BCUT2D eigenvalue weighted by atomic mass is 16.5. The number of carbonyl (C=O) groups excluding carboxylic acids is 4. The van der Waals surface area contributed by atoms with Crippen LogP contribution in [0.4, 0.5) is 0 Å². The molecular formula is C23H24N2O5. The van der Waals surface area contributed by atoms with Gasteiger partial charge in [0.15, 0.2) is 6.61 Å². The third kappa shape index (κ3) is 4.25. The molecule has 0 aliphatic carbocycles. The van der Waals surface area contributed by atoms with E-state index >= 15 is 0 Å². The summed E-state index contributed by atoms with van der Waals surface area (Å²) in [6, 6.07) is 14.4. The zero-order valence-electron chi connectivity index (χ0n) is 17.0. The van der Waals surface area contributed by atoms with Crippen LogP contribution in [0.5, 0.6) is 0 Å². The Kier molecular flexibility index (Phi) is 6.61. The first-order valence-corrected chi connectivity index (χ1v) is 9.93. The average molecular weight is 408 g/mol. The molecule has 0 spiro atoms. The van der Waals surface area contributed by atoms with E-state index < -0.39 is 30.4 Å². The van der Waals surface area contributed by atoms with Crippen LogP contribution >= 0.6 is 0 Å². The monoisotopic (exact) mass is 408 g/mol. The van der Waals surface area contributed by atoms with Gasteiger partial charge in [-0.15, -0.1) is 0 Å². The number of likely N-dealkylation sites (N-methyl/N-ethyl adjacent to an activating group) is 1. The highest BCUT2D eigenvalue weighted by Crippen LogP contribution is 2.26. The number of hydrogen-bond acceptors (Lipinski definition) is 5. The molecule has 0 bridgehead atoms. The molecular weight excluding hydrogens is 384 g/mol. The molecule has 156 valence electrons. The zero-order chi connectivity index (χ0) is 21.7. The van der Waals surface area contributed by atoms with E-state index in [0.29, 0.717) is 13.1 Å². The Labute approximate surface area is 175 Å². The molecule has 0 fully saturated rings. The van der Waals surface area contributed by atoms with Crippen molar-refractivity contribution < 1.29 is 23.9 Å². The summed E-state index contributed by atoms with van der Waals surface area (Å²) in [5.41, 5.74) is 1.28. The van der Waals surface area contributed by atoms with E-state index in [1.165, 1.54) is 0 Å². The van der Waals surface area contributed by atoms with E-state index in [1.807, 2.05) is 32.0 Å². The number of benzene rings is 2. The fourth-order valence-corrected chi connectivity index (χ4v) is 3.50. The smallest absolute Gasteiger partial charge is 0.330 e. The fraction of sp³-hybridized carbons (Fsp3) is 0.304. The Morgan fingerprint density at radius 1 is 0.900 bits per heavy atom. The maximum absolute atomic E-state index is 12.9. The second kappa shape index (κ2) is 9.35. The number of esters is 1. The summed E-state index contributed by atoms with van der Waals surface area (Å²) < 4.78 is 5.25. The van der Waals surface area contributed by atoms with Gasteiger partial charge in [0, 0.05) is 19.5 Å². The molecule has 0 unspecified atom stereocenters. The first-order valence-electron chi connectivity index (χ1n) is 9.93. The van der Waals surface area contributed by atoms with E-state index in [-0.39, 0.29) is 23.5 Å². The predicted octanol–water partition coefficient (Wildman–Crippen LogP) is 2.31. The summed E-state index contributed by atoms with van der Waals surface area (Å²) in [5, 5.41) is 0. The number of rotatable bonds is 8. The van der Waals surface area contributed by atoms with Crippen molar-refractivity contribution in [2.24, 2.45) is 0 Å². The SMILES string of the molecule is CCN(CC)C(=O)COC(=O)[C@H](Cc1ccccc1)N1C(=O)c2ccccc2C1=O. The molecule has 3 rings (SSSR count). The first kappa shape index (κ1) is 21.2. The molecule has 1 aliphatic heterocycles. The van der Waals surface area contributed by atoms with Crippen LogP contribution in [0.25, 0.3) is 0 Å². The van der Waals surface area contributed by atoms with Crippen molar-refractivity contribution in [3.8, 4) is 0 Å². The van der Waals surface area contributed by atoms with Gasteiger partial charge in [-0.05, 0) is 31.5 Å². The molecule has 0 saturated heterocycles. The van der Waals surface area contributed by atoms with Gasteiger partial charge >= 0.3 is 5.97 Å². The van der Waals surface area contributed by atoms with Crippen LogP contribution < -0.4 is 0 Å². The average Bonchev–Trinajstić information content (AvgIpc) is 3.02. The van der Waals surface area contributed by atoms with E-state index in [1.54, 1.807) is 41.3 Å². The van der Waals surface area contributed by atoms with Gasteiger partial charge in [-0.2, -0.15) is 0 Å². The molecule has 3 amide bonds. The lowest BCUT2D eigenvalue weighted by Crippen LogP contribution is -2.47. The van der Waals surface area contributed by atoms with Crippen LogP contribution in [0.2, 0.25) is 0 Å². The Hall–Kier alpha value is -3.48. The van der Waals surface area contributed by atoms with E-state index in [9.17, 15) is 19.2 Å². The number of nitrogens with zero attached hydrogens (tertiary/aromatic N) is 2. The van der Waals surface area contributed by atoms with E-state index in [4.69, 9.17) is 4.74 Å². The number of imide groups is 1. The highest BCUT2D eigenvalue weighted by molar-refractivity contribution is 6.22. The van der Waals surface area contributed by atoms with Crippen molar-refractivity contribution in [2.45, 2.75) is 26.3 Å². The number of carbonyl (C=O) groups is 4. The topological polar surface area (TPSA) is 84.0 Å². The molecule has 0 N–H and O–H groups in total. The fourth-order valence-electron chi connectivity index (χ4n) is 3.50. The number of ether oxygens (including phenoxy) is 1. The highest BCUT2D eigenvalue weighted by Gasteiger charge is 2.43. The summed E-state index contributed by atoms with van der Waals surface area (Å²) in [6.07, 6.45) is 0.102. The standard InChI is InChI=1S/C23H24N2O5/c1-3-24(4-2)20(26)15-30-23(29)19(14-16-10-6-5-7-11-16)25-21(27)17-12-8-9-13-18(17)22(25)28/h5-13,19H,3-4,14-15H2,1-2H3/t19-/m0/s1. The maximum atomic E-state index is 12.9. The predicted molar refractivity (Wildman–Crippen MR) is 110 cm³/mol. The van der Waals surface area contributed by atoms with Crippen LogP contribution in [0.1, 0.15) is 40.1 Å². The third-order valence-electron chi connectivity index (χ3n) is 5.14. The van der Waals surface area contributed by atoms with Crippen LogP contribution in [-0.2, 0) is 20.7 Å². The summed E-state index contributed by atoms with van der Waals surface area (Å²) in [5.74, 6) is -2.19. The van der Waals surface area contributed by atoms with Crippen LogP contribution in [0.15, 0.2) is 54.6 Å². The molecule has 0 saturated carbocycles. The van der Waals surface area contributed by atoms with Gasteiger partial charge in [0.05, 0.1) is 11.1 Å². The van der Waals surface area contributed by atoms with Gasteiger partial charge in [-0.1, -0.05) is 42.5 Å². The van der Waals surface area contributed by atoms with Gasteiger partial charge in [0.2, 0.25) is 0 Å². The molecule has 0 aromatic heterocycles. The Bertz CT molecular complexity index is 918. The maximum Gasteiger partial charge on any atom is 0.330 e. The lowest BCUT2D eigenvalue weighted by molar-refractivity contribution is -0.155. The zero-order valence-corrected chi connectivity index (χ0v) is 17.0. The minimum atomic E-state index is -1.16. The number of amides is 3. The summed E-state index contributed by atoms with van der Waals surface area (Å²) in [6.45, 7) is 4.23. The van der Waals surface area contributed by atoms with Crippen molar-refractivity contribution in [1.29, 1.82) is 0 Å². The Morgan fingerprint density at radius 2 is 1.43 bits per heavy atom. The van der Waals surface area contributed by atoms with Crippen molar-refractivity contribution in [3.63, 3.8) is 0 Å². The van der Waals surface area contributed by atoms with Crippen molar-refractivity contribution in [2.75, 3.05) is 19.7 Å². The molecule has 7 nitrogen and oxygen atoms in total. The first-order chi connectivity index (χ1) is 14.5. The van der Waals surface area contributed by atoms with Crippen molar-refractivity contribution in [1.82, 2.24) is 9.80 Å². The Balaban J connectivity index is 1.84. The molecule has 30 heavy (non-hydrogen) atoms. The second-order valence-electron chi connectivity index (χ2n) is 6.91. The minimum Gasteiger partial charge on any atom is -0.454 e. The lowest BCUT2D eigenvalue weighted by atomic mass is 10.0. The summed E-state index contributed by atoms with van der Waals surface area (Å²) in [7, 11) is 0. The van der Waals surface area contributed by atoms with Gasteiger partial charge in [0.25, 0.3) is 17.7 Å². The summed E-state index contributed by atoms with van der Waals surface area (Å²) >= 11 is 0. The minimum absolute atomic E-state index is 0.102. The van der Waals surface area contributed by atoms with Crippen LogP contribution in [0.3, 0.4) is 0 Å². The Morgan fingerprint density at radius 3 is 1.97 bits per heavy atom. The summed E-state index contributed by atoms with van der Waals surface area (Å²) in [4.78, 5) is 53.5. The van der Waals surface area contributed by atoms with E-state index in [0.717, 1.165) is 10.5 Å². The van der Waals surface area contributed by atoms with Crippen molar-refractivity contribution >= 4 is 23.7 Å². The molecule has 1 heterocycles. The van der Waals surface area contributed by atoms with Crippen molar-refractivity contribution in [3.05, 3.63) is 71.3 Å². The van der Waals surface area contributed by atoms with Gasteiger partial charge in [-0.25, -0.2) is 4.79 Å². The number of hydrogen-bond donors (Lipinski definition) is 0. The van der Waals surface area contributed by atoms with E-state index in [2.05, 4.69) is 0 Å². The largest absolute Gasteiger partial charge is 0.454 e. The molecule has 2 aromatic carbocycles. The molecule has 0 radical (unpaired) electrons. The molecule has 2 aromatic rings. The molecule has 1 aliphatic rings. The number of fused-ring (bicyclic) bond motifs is 1. The quantitative estimate of drug-likeness (QED) is 0.494.